The highest BCUT2D eigenvalue weighted by Crippen LogP contribution is 2.26. The Morgan fingerprint density at radius 3 is 2.88 bits per heavy atom. The van der Waals surface area contributed by atoms with Gasteiger partial charge in [0.15, 0.2) is 0 Å². The maximum absolute atomic E-state index is 9.63. The molecule has 1 saturated heterocycles. The zero-order valence-electron chi connectivity index (χ0n) is 10.6. The number of ether oxygens (including phenoxy) is 1. The zero-order chi connectivity index (χ0) is 12.1. The standard InChI is InChI=1S/C14H23NO2/c1-2-3-4-12-11-13(16)5-6-14(12)15-7-9-17-10-8-15/h5-6,11-12,14,16H,2-4,7-10H2,1H3. The number of nitrogens with zero attached hydrogens (tertiary/aromatic N) is 1. The molecule has 0 aromatic carbocycles. The summed E-state index contributed by atoms with van der Waals surface area (Å²) in [5.41, 5.74) is 0. The molecule has 3 nitrogen and oxygen atoms in total. The van der Waals surface area contributed by atoms with Gasteiger partial charge in [0.2, 0.25) is 0 Å². The van der Waals surface area contributed by atoms with Gasteiger partial charge in [-0.1, -0.05) is 25.8 Å². The average Bonchev–Trinajstić information content (AvgIpc) is 2.37. The van der Waals surface area contributed by atoms with Crippen molar-refractivity contribution in [3.63, 3.8) is 0 Å². The number of unbranched alkanes of at least 4 members (excludes halogenated alkanes) is 1. The van der Waals surface area contributed by atoms with Crippen molar-refractivity contribution in [3.05, 3.63) is 24.0 Å². The molecular formula is C14H23NO2. The van der Waals surface area contributed by atoms with Gasteiger partial charge in [-0.15, -0.1) is 0 Å². The molecule has 2 aliphatic rings. The first-order valence-electron chi connectivity index (χ1n) is 6.72. The molecule has 2 atom stereocenters. The minimum atomic E-state index is 0.426. The van der Waals surface area contributed by atoms with Crippen LogP contribution in [0.5, 0.6) is 0 Å². The Labute approximate surface area is 104 Å². The van der Waals surface area contributed by atoms with Gasteiger partial charge in [0.1, 0.15) is 5.76 Å². The van der Waals surface area contributed by atoms with Crippen LogP contribution in [0.1, 0.15) is 26.2 Å². The number of aliphatic hydroxyl groups is 1. The van der Waals surface area contributed by atoms with Crippen molar-refractivity contribution in [3.8, 4) is 0 Å². The summed E-state index contributed by atoms with van der Waals surface area (Å²) in [7, 11) is 0. The lowest BCUT2D eigenvalue weighted by Gasteiger charge is -2.37. The third-order valence-corrected chi connectivity index (χ3v) is 3.65. The summed E-state index contributed by atoms with van der Waals surface area (Å²) in [6, 6.07) is 0.446. The predicted octanol–water partition coefficient (Wildman–Crippen LogP) is 2.51. The molecule has 0 radical (unpaired) electrons. The van der Waals surface area contributed by atoms with Crippen molar-refractivity contribution >= 4 is 0 Å². The summed E-state index contributed by atoms with van der Waals surface area (Å²) in [6.45, 7) is 5.89. The van der Waals surface area contributed by atoms with E-state index in [4.69, 9.17) is 4.74 Å². The van der Waals surface area contributed by atoms with Crippen molar-refractivity contribution in [1.29, 1.82) is 0 Å². The SMILES string of the molecule is CCCCC1C=C(O)C=CC1N1CCOCC1. The molecule has 3 heteroatoms. The predicted molar refractivity (Wildman–Crippen MR) is 69.0 cm³/mol. The van der Waals surface area contributed by atoms with Gasteiger partial charge in [-0.2, -0.15) is 0 Å². The molecule has 2 rings (SSSR count). The van der Waals surface area contributed by atoms with E-state index >= 15 is 0 Å². The molecule has 1 fully saturated rings. The second-order valence-electron chi connectivity index (χ2n) is 4.90. The van der Waals surface area contributed by atoms with Crippen LogP contribution in [0, 0.1) is 5.92 Å². The van der Waals surface area contributed by atoms with E-state index in [2.05, 4.69) is 17.9 Å². The quantitative estimate of drug-likeness (QED) is 0.815. The largest absolute Gasteiger partial charge is 0.508 e. The van der Waals surface area contributed by atoms with Crippen LogP contribution in [-0.2, 0) is 4.74 Å². The fourth-order valence-corrected chi connectivity index (χ4v) is 2.68. The van der Waals surface area contributed by atoms with Crippen LogP contribution in [0.4, 0.5) is 0 Å². The number of hydrogen-bond acceptors (Lipinski definition) is 3. The highest BCUT2D eigenvalue weighted by molar-refractivity contribution is 5.22. The number of aliphatic hydroxyl groups excluding tert-OH is 1. The van der Waals surface area contributed by atoms with E-state index in [0.717, 1.165) is 32.7 Å². The smallest absolute Gasteiger partial charge is 0.111 e. The lowest BCUT2D eigenvalue weighted by Crippen LogP contribution is -2.46. The molecule has 1 heterocycles. The molecular weight excluding hydrogens is 214 g/mol. The number of rotatable bonds is 4. The van der Waals surface area contributed by atoms with E-state index in [0.29, 0.717) is 17.7 Å². The molecule has 1 aliphatic heterocycles. The van der Waals surface area contributed by atoms with E-state index in [9.17, 15) is 5.11 Å². The van der Waals surface area contributed by atoms with Crippen LogP contribution in [0.25, 0.3) is 0 Å². The van der Waals surface area contributed by atoms with Crippen LogP contribution < -0.4 is 0 Å². The van der Waals surface area contributed by atoms with Gasteiger partial charge in [0.25, 0.3) is 0 Å². The molecule has 1 aliphatic carbocycles. The van der Waals surface area contributed by atoms with Crippen molar-refractivity contribution in [2.75, 3.05) is 26.3 Å². The second kappa shape index (κ2) is 6.22. The molecule has 0 aromatic heterocycles. The van der Waals surface area contributed by atoms with Crippen molar-refractivity contribution in [2.24, 2.45) is 5.92 Å². The summed E-state index contributed by atoms with van der Waals surface area (Å²) in [5.74, 6) is 0.883. The van der Waals surface area contributed by atoms with E-state index < -0.39 is 0 Å². The van der Waals surface area contributed by atoms with Crippen LogP contribution in [0.3, 0.4) is 0 Å². The molecule has 2 unspecified atom stereocenters. The van der Waals surface area contributed by atoms with Crippen LogP contribution in [-0.4, -0.2) is 42.4 Å². The van der Waals surface area contributed by atoms with Crippen LogP contribution in [0.2, 0.25) is 0 Å². The summed E-state index contributed by atoms with van der Waals surface area (Å²) < 4.78 is 5.40. The molecule has 0 bridgehead atoms. The van der Waals surface area contributed by atoms with Crippen molar-refractivity contribution in [1.82, 2.24) is 4.90 Å². The summed E-state index contributed by atoms with van der Waals surface area (Å²) in [4.78, 5) is 2.48. The first-order valence-corrected chi connectivity index (χ1v) is 6.72. The van der Waals surface area contributed by atoms with Crippen molar-refractivity contribution < 1.29 is 9.84 Å². The Balaban J connectivity index is 2.00. The molecule has 0 aromatic rings. The van der Waals surface area contributed by atoms with Crippen molar-refractivity contribution in [2.45, 2.75) is 32.2 Å². The maximum atomic E-state index is 9.63. The van der Waals surface area contributed by atoms with Gasteiger partial charge in [-0.25, -0.2) is 0 Å². The first-order chi connectivity index (χ1) is 8.31. The van der Waals surface area contributed by atoms with Gasteiger partial charge in [0.05, 0.1) is 13.2 Å². The maximum Gasteiger partial charge on any atom is 0.111 e. The summed E-state index contributed by atoms with van der Waals surface area (Å²) >= 11 is 0. The number of morpholine rings is 1. The van der Waals surface area contributed by atoms with Gasteiger partial charge < -0.3 is 9.84 Å². The van der Waals surface area contributed by atoms with E-state index in [1.54, 1.807) is 0 Å². The van der Waals surface area contributed by atoms with Crippen LogP contribution in [0.15, 0.2) is 24.0 Å². The molecule has 17 heavy (non-hydrogen) atoms. The Bertz CT molecular complexity index is 293. The third-order valence-electron chi connectivity index (χ3n) is 3.65. The Morgan fingerprint density at radius 2 is 2.18 bits per heavy atom. The topological polar surface area (TPSA) is 32.7 Å². The fraction of sp³-hybridized carbons (Fsp3) is 0.714. The lowest BCUT2D eigenvalue weighted by atomic mass is 9.88. The third kappa shape index (κ3) is 3.33. The van der Waals surface area contributed by atoms with E-state index in [-0.39, 0.29) is 0 Å². The summed E-state index contributed by atoms with van der Waals surface area (Å²) in [6.07, 6.45) is 9.61. The highest BCUT2D eigenvalue weighted by Gasteiger charge is 2.27. The summed E-state index contributed by atoms with van der Waals surface area (Å²) in [5, 5.41) is 9.63. The molecule has 1 N–H and O–H groups in total. The minimum absolute atomic E-state index is 0.426. The lowest BCUT2D eigenvalue weighted by molar-refractivity contribution is 0.0167. The normalized spacial score (nSPS) is 30.3. The Kier molecular flexibility index (Phi) is 4.63. The monoisotopic (exact) mass is 237 g/mol. The Morgan fingerprint density at radius 1 is 1.41 bits per heavy atom. The van der Waals surface area contributed by atoms with E-state index in [1.165, 1.54) is 12.8 Å². The van der Waals surface area contributed by atoms with Crippen LogP contribution >= 0.6 is 0 Å². The Hall–Kier alpha value is -0.800. The molecule has 0 saturated carbocycles. The highest BCUT2D eigenvalue weighted by atomic mass is 16.5. The minimum Gasteiger partial charge on any atom is -0.508 e. The number of allylic oxidation sites excluding steroid dienone is 1. The van der Waals surface area contributed by atoms with Gasteiger partial charge in [-0.3, -0.25) is 4.90 Å². The molecule has 0 spiro atoms. The van der Waals surface area contributed by atoms with Gasteiger partial charge >= 0.3 is 0 Å². The van der Waals surface area contributed by atoms with Gasteiger partial charge in [0, 0.05) is 19.1 Å². The first kappa shape index (κ1) is 12.7. The number of hydrogen-bond donors (Lipinski definition) is 1. The molecule has 96 valence electrons. The average molecular weight is 237 g/mol. The van der Waals surface area contributed by atoms with E-state index in [1.807, 2.05) is 12.2 Å². The molecule has 0 amide bonds. The zero-order valence-corrected chi connectivity index (χ0v) is 10.6. The van der Waals surface area contributed by atoms with Gasteiger partial charge in [-0.05, 0) is 24.5 Å². The second-order valence-corrected chi connectivity index (χ2v) is 4.90. The fourth-order valence-electron chi connectivity index (χ4n) is 2.68.